The van der Waals surface area contributed by atoms with Gasteiger partial charge in [-0.2, -0.15) is 0 Å². The van der Waals surface area contributed by atoms with E-state index >= 15 is 0 Å². The number of hydrogen-bond acceptors (Lipinski definition) is 2. The van der Waals surface area contributed by atoms with E-state index in [1.54, 1.807) is 12.1 Å². The fraction of sp³-hybridized carbons (Fsp3) is 0.400. The summed E-state index contributed by atoms with van der Waals surface area (Å²) >= 11 is 0. The minimum absolute atomic E-state index is 0.188. The van der Waals surface area contributed by atoms with Crippen LogP contribution < -0.4 is 5.73 Å². The highest BCUT2D eigenvalue weighted by Gasteiger charge is 2.04. The Hall–Kier alpha value is -1.18. The van der Waals surface area contributed by atoms with Crippen LogP contribution in [0.2, 0.25) is 0 Å². The average molecular weight is 165 g/mol. The molecule has 0 aliphatic carbocycles. The number of phenolic OH excluding ortho intramolecular Hbond substituents is 1. The molecule has 66 valence electrons. The molecule has 1 atom stereocenters. The van der Waals surface area contributed by atoms with Crippen molar-refractivity contribution in [1.29, 1.82) is 0 Å². The Labute approximate surface area is 73.0 Å². The van der Waals surface area contributed by atoms with Gasteiger partial charge >= 0.3 is 0 Å². The van der Waals surface area contributed by atoms with Crippen LogP contribution in [0, 0.1) is 0 Å². The van der Waals surface area contributed by atoms with Gasteiger partial charge in [0.1, 0.15) is 5.75 Å². The van der Waals surface area contributed by atoms with E-state index in [1.165, 1.54) is 0 Å². The lowest BCUT2D eigenvalue weighted by molar-refractivity contribution is 0.476. The second-order valence-corrected chi connectivity index (χ2v) is 3.13. The highest BCUT2D eigenvalue weighted by Crippen LogP contribution is 2.26. The number of hydrogen-bond donors (Lipinski definition) is 2. The lowest BCUT2D eigenvalue weighted by atomic mass is 9.98. The molecule has 1 aromatic rings. The highest BCUT2D eigenvalue weighted by molar-refractivity contribution is 5.53. The maximum atomic E-state index is 9.32. The second-order valence-electron chi connectivity index (χ2n) is 3.13. The first kappa shape index (κ1) is 8.91. The molecule has 0 radical (unpaired) electrons. The Morgan fingerprint density at radius 3 is 2.67 bits per heavy atom. The third-order valence-electron chi connectivity index (χ3n) is 2.24. The van der Waals surface area contributed by atoms with E-state index in [0.29, 0.717) is 11.6 Å². The van der Waals surface area contributed by atoms with Gasteiger partial charge in [-0.3, -0.25) is 0 Å². The van der Waals surface area contributed by atoms with Gasteiger partial charge in [-0.15, -0.1) is 0 Å². The fourth-order valence-electron chi connectivity index (χ4n) is 1.10. The van der Waals surface area contributed by atoms with Crippen LogP contribution in [0.1, 0.15) is 31.7 Å². The summed E-state index contributed by atoms with van der Waals surface area (Å²) in [6, 6.07) is 5.45. The van der Waals surface area contributed by atoms with Crippen LogP contribution in [-0.4, -0.2) is 5.11 Å². The Kier molecular flexibility index (Phi) is 2.58. The molecule has 0 saturated carbocycles. The van der Waals surface area contributed by atoms with E-state index in [4.69, 9.17) is 5.73 Å². The smallest absolute Gasteiger partial charge is 0.138 e. The normalized spacial score (nSPS) is 12.8. The number of anilines is 1. The monoisotopic (exact) mass is 165 g/mol. The molecule has 0 saturated heterocycles. The van der Waals surface area contributed by atoms with Crippen LogP contribution in [0.15, 0.2) is 18.2 Å². The van der Waals surface area contributed by atoms with Gasteiger partial charge in [0, 0.05) is 0 Å². The predicted molar refractivity (Wildman–Crippen MR) is 51.2 cm³/mol. The molecule has 12 heavy (non-hydrogen) atoms. The molecule has 0 bridgehead atoms. The molecule has 0 amide bonds. The van der Waals surface area contributed by atoms with Crippen molar-refractivity contribution in [2.75, 3.05) is 5.73 Å². The summed E-state index contributed by atoms with van der Waals surface area (Å²) in [5.74, 6) is 0.671. The van der Waals surface area contributed by atoms with Crippen molar-refractivity contribution in [3.63, 3.8) is 0 Å². The van der Waals surface area contributed by atoms with Gasteiger partial charge in [0.05, 0.1) is 5.69 Å². The number of nitrogens with two attached hydrogens (primary N) is 1. The van der Waals surface area contributed by atoms with Crippen molar-refractivity contribution < 1.29 is 5.11 Å². The van der Waals surface area contributed by atoms with E-state index in [1.807, 2.05) is 6.07 Å². The van der Waals surface area contributed by atoms with Gasteiger partial charge in [0.15, 0.2) is 0 Å². The van der Waals surface area contributed by atoms with Crippen LogP contribution in [0.4, 0.5) is 5.69 Å². The summed E-state index contributed by atoms with van der Waals surface area (Å²) in [7, 11) is 0. The summed E-state index contributed by atoms with van der Waals surface area (Å²) in [5, 5.41) is 9.32. The van der Waals surface area contributed by atoms with Gasteiger partial charge in [-0.1, -0.05) is 19.9 Å². The third kappa shape index (κ3) is 1.70. The van der Waals surface area contributed by atoms with Crippen LogP contribution in [0.5, 0.6) is 5.75 Å². The van der Waals surface area contributed by atoms with E-state index in [-0.39, 0.29) is 5.75 Å². The molecule has 2 nitrogen and oxygen atoms in total. The van der Waals surface area contributed by atoms with Crippen LogP contribution in [0.3, 0.4) is 0 Å². The molecule has 0 aromatic heterocycles. The van der Waals surface area contributed by atoms with Gasteiger partial charge in [-0.25, -0.2) is 0 Å². The highest BCUT2D eigenvalue weighted by atomic mass is 16.3. The number of phenols is 1. The summed E-state index contributed by atoms with van der Waals surface area (Å²) in [6.07, 6.45) is 1.07. The molecule has 0 aliphatic rings. The molecule has 1 rings (SSSR count). The van der Waals surface area contributed by atoms with Crippen molar-refractivity contribution >= 4 is 5.69 Å². The first-order chi connectivity index (χ1) is 5.65. The number of aromatic hydroxyl groups is 1. The third-order valence-corrected chi connectivity index (χ3v) is 2.24. The first-order valence-corrected chi connectivity index (χ1v) is 4.23. The lowest BCUT2D eigenvalue weighted by Gasteiger charge is -2.09. The summed E-state index contributed by atoms with van der Waals surface area (Å²) in [6.45, 7) is 4.25. The number of nitrogen functional groups attached to an aromatic ring is 1. The molecule has 0 aliphatic heterocycles. The quantitative estimate of drug-likeness (QED) is 0.522. The van der Waals surface area contributed by atoms with Gasteiger partial charge in [0.2, 0.25) is 0 Å². The summed E-state index contributed by atoms with van der Waals surface area (Å²) < 4.78 is 0. The molecule has 2 heteroatoms. The van der Waals surface area contributed by atoms with Crippen LogP contribution in [0.25, 0.3) is 0 Å². The second kappa shape index (κ2) is 3.48. The first-order valence-electron chi connectivity index (χ1n) is 4.23. The Morgan fingerprint density at radius 1 is 1.50 bits per heavy atom. The van der Waals surface area contributed by atoms with Gasteiger partial charge in [0.25, 0.3) is 0 Å². The van der Waals surface area contributed by atoms with Gasteiger partial charge in [-0.05, 0) is 30.0 Å². The minimum Gasteiger partial charge on any atom is -0.506 e. The fourth-order valence-corrected chi connectivity index (χ4v) is 1.10. The SMILES string of the molecule is CCC(C)c1ccc(N)c(O)c1. The maximum Gasteiger partial charge on any atom is 0.138 e. The molecular weight excluding hydrogens is 150 g/mol. The molecule has 0 spiro atoms. The van der Waals surface area contributed by atoms with E-state index < -0.39 is 0 Å². The predicted octanol–water partition coefficient (Wildman–Crippen LogP) is 2.49. The molecule has 0 heterocycles. The summed E-state index contributed by atoms with van der Waals surface area (Å²) in [4.78, 5) is 0. The van der Waals surface area contributed by atoms with Crippen molar-refractivity contribution in [2.24, 2.45) is 0 Å². The van der Waals surface area contributed by atoms with Crippen LogP contribution >= 0.6 is 0 Å². The Morgan fingerprint density at radius 2 is 2.17 bits per heavy atom. The zero-order chi connectivity index (χ0) is 9.14. The maximum absolute atomic E-state index is 9.32. The zero-order valence-corrected chi connectivity index (χ0v) is 7.54. The van der Waals surface area contributed by atoms with Crippen molar-refractivity contribution in [2.45, 2.75) is 26.2 Å². The van der Waals surface area contributed by atoms with E-state index in [9.17, 15) is 5.11 Å². The van der Waals surface area contributed by atoms with Crippen LogP contribution in [-0.2, 0) is 0 Å². The minimum atomic E-state index is 0.188. The average Bonchev–Trinajstić information content (AvgIpc) is 2.08. The van der Waals surface area contributed by atoms with Crippen molar-refractivity contribution in [3.8, 4) is 5.75 Å². The van der Waals surface area contributed by atoms with Crippen molar-refractivity contribution in [3.05, 3.63) is 23.8 Å². The van der Waals surface area contributed by atoms with E-state index in [2.05, 4.69) is 13.8 Å². The van der Waals surface area contributed by atoms with Crippen molar-refractivity contribution in [1.82, 2.24) is 0 Å². The molecular formula is C10H15NO. The number of benzene rings is 1. The number of rotatable bonds is 2. The van der Waals surface area contributed by atoms with E-state index in [0.717, 1.165) is 12.0 Å². The van der Waals surface area contributed by atoms with Gasteiger partial charge < -0.3 is 10.8 Å². The molecule has 1 unspecified atom stereocenters. The largest absolute Gasteiger partial charge is 0.506 e. The Bertz CT molecular complexity index is 271. The standard InChI is InChI=1S/C10H15NO/c1-3-7(2)8-4-5-9(11)10(12)6-8/h4-7,12H,3,11H2,1-2H3. The topological polar surface area (TPSA) is 46.2 Å². The molecule has 1 aromatic carbocycles. The Balaban J connectivity index is 2.96. The lowest BCUT2D eigenvalue weighted by Crippen LogP contribution is -1.92. The zero-order valence-electron chi connectivity index (χ0n) is 7.54. The molecule has 0 fully saturated rings. The molecule has 3 N–H and O–H groups in total. The summed E-state index contributed by atoms with van der Waals surface area (Å²) in [5.41, 5.74) is 7.07.